The number of benzene rings is 1. The lowest BCUT2D eigenvalue weighted by Crippen LogP contribution is -2.41. The van der Waals surface area contributed by atoms with Crippen LogP contribution in [0, 0.1) is 11.3 Å². The predicted molar refractivity (Wildman–Crippen MR) is 107 cm³/mol. The standard InChI is InChI=1S/C21H31BN2O3/c1-19(2,3)24-11-10-17(14-24)25-18-9-8-16(12-15(18)13-23)22-26-20(4,5)21(6,7)27-22/h8-9,12,17H,10-11,14H2,1-7H3/t17-/m0/s1. The van der Waals surface area contributed by atoms with Gasteiger partial charge in [-0.3, -0.25) is 4.90 Å². The van der Waals surface area contributed by atoms with E-state index in [0.717, 1.165) is 25.0 Å². The van der Waals surface area contributed by atoms with Crippen LogP contribution >= 0.6 is 0 Å². The third-order valence-electron chi connectivity index (χ3n) is 6.04. The Morgan fingerprint density at radius 3 is 2.33 bits per heavy atom. The fourth-order valence-electron chi connectivity index (χ4n) is 3.48. The fraction of sp³-hybridized carbons (Fsp3) is 0.667. The third kappa shape index (κ3) is 4.01. The lowest BCUT2D eigenvalue weighted by Gasteiger charge is -2.32. The average molecular weight is 370 g/mol. The minimum Gasteiger partial charge on any atom is -0.488 e. The first kappa shape index (κ1) is 20.2. The fourth-order valence-corrected chi connectivity index (χ4v) is 3.48. The van der Waals surface area contributed by atoms with Gasteiger partial charge in [0.1, 0.15) is 17.9 Å². The van der Waals surface area contributed by atoms with Gasteiger partial charge in [0.15, 0.2) is 0 Å². The van der Waals surface area contributed by atoms with Gasteiger partial charge < -0.3 is 14.0 Å². The molecule has 0 saturated carbocycles. The maximum atomic E-state index is 9.62. The van der Waals surface area contributed by atoms with Crippen LogP contribution < -0.4 is 10.2 Å². The van der Waals surface area contributed by atoms with Crippen molar-refractivity contribution in [3.63, 3.8) is 0 Å². The number of rotatable bonds is 3. The van der Waals surface area contributed by atoms with E-state index in [2.05, 4.69) is 31.7 Å². The highest BCUT2D eigenvalue weighted by molar-refractivity contribution is 6.62. The van der Waals surface area contributed by atoms with Crippen molar-refractivity contribution in [2.45, 2.75) is 77.7 Å². The smallest absolute Gasteiger partial charge is 0.488 e. The zero-order chi connectivity index (χ0) is 20.0. The van der Waals surface area contributed by atoms with Gasteiger partial charge >= 0.3 is 7.12 Å². The molecule has 0 unspecified atom stereocenters. The van der Waals surface area contributed by atoms with E-state index in [0.29, 0.717) is 11.3 Å². The summed E-state index contributed by atoms with van der Waals surface area (Å²) in [6, 6.07) is 7.91. The molecule has 2 heterocycles. The number of hydrogen-bond acceptors (Lipinski definition) is 5. The molecule has 2 fully saturated rings. The summed E-state index contributed by atoms with van der Waals surface area (Å²) >= 11 is 0. The molecular weight excluding hydrogens is 339 g/mol. The van der Waals surface area contributed by atoms with Crippen LogP contribution in [0.3, 0.4) is 0 Å². The van der Waals surface area contributed by atoms with Crippen LogP contribution in [-0.2, 0) is 9.31 Å². The molecule has 2 aliphatic heterocycles. The van der Waals surface area contributed by atoms with Gasteiger partial charge in [0.2, 0.25) is 0 Å². The molecule has 2 aliphatic rings. The van der Waals surface area contributed by atoms with E-state index in [4.69, 9.17) is 14.0 Å². The summed E-state index contributed by atoms with van der Waals surface area (Å²) in [5.74, 6) is 0.638. The Balaban J connectivity index is 1.74. The van der Waals surface area contributed by atoms with Crippen molar-refractivity contribution in [3.8, 4) is 11.8 Å². The molecular formula is C21H31BN2O3. The molecule has 2 saturated heterocycles. The topological polar surface area (TPSA) is 54.7 Å². The van der Waals surface area contributed by atoms with Crippen LogP contribution in [0.2, 0.25) is 0 Å². The van der Waals surface area contributed by atoms with Crippen molar-refractivity contribution in [1.29, 1.82) is 5.26 Å². The highest BCUT2D eigenvalue weighted by Crippen LogP contribution is 2.36. The maximum absolute atomic E-state index is 9.62. The van der Waals surface area contributed by atoms with Crippen molar-refractivity contribution < 1.29 is 14.0 Å². The normalized spacial score (nSPS) is 24.8. The first-order chi connectivity index (χ1) is 12.4. The maximum Gasteiger partial charge on any atom is 0.494 e. The predicted octanol–water partition coefficient (Wildman–Crippen LogP) is 3.11. The van der Waals surface area contributed by atoms with E-state index in [1.54, 1.807) is 0 Å². The number of likely N-dealkylation sites (tertiary alicyclic amines) is 1. The van der Waals surface area contributed by atoms with E-state index in [1.807, 2.05) is 45.9 Å². The van der Waals surface area contributed by atoms with Gasteiger partial charge in [0.05, 0.1) is 16.8 Å². The minimum atomic E-state index is -0.473. The largest absolute Gasteiger partial charge is 0.494 e. The Morgan fingerprint density at radius 2 is 1.81 bits per heavy atom. The number of nitrogens with zero attached hydrogens (tertiary/aromatic N) is 2. The molecule has 6 heteroatoms. The van der Waals surface area contributed by atoms with Crippen LogP contribution in [0.1, 0.15) is 60.5 Å². The zero-order valence-electron chi connectivity index (χ0n) is 17.6. The van der Waals surface area contributed by atoms with Crippen LogP contribution in [0.15, 0.2) is 18.2 Å². The quantitative estimate of drug-likeness (QED) is 0.766. The lowest BCUT2D eigenvalue weighted by molar-refractivity contribution is 0.00578. The molecule has 0 spiro atoms. The van der Waals surface area contributed by atoms with Crippen molar-refractivity contribution in [1.82, 2.24) is 4.90 Å². The van der Waals surface area contributed by atoms with Crippen LogP contribution in [-0.4, -0.2) is 48.0 Å². The molecule has 3 rings (SSSR count). The molecule has 5 nitrogen and oxygen atoms in total. The first-order valence-corrected chi connectivity index (χ1v) is 9.74. The summed E-state index contributed by atoms with van der Waals surface area (Å²) in [6.07, 6.45) is 1.08. The third-order valence-corrected chi connectivity index (χ3v) is 6.04. The van der Waals surface area contributed by atoms with E-state index in [-0.39, 0.29) is 11.6 Å². The molecule has 0 aliphatic carbocycles. The van der Waals surface area contributed by atoms with Gasteiger partial charge in [-0.25, -0.2) is 0 Å². The summed E-state index contributed by atoms with van der Waals surface area (Å²) in [7, 11) is -0.473. The van der Waals surface area contributed by atoms with Gasteiger partial charge in [0, 0.05) is 18.6 Å². The van der Waals surface area contributed by atoms with Crippen molar-refractivity contribution in [2.24, 2.45) is 0 Å². The van der Waals surface area contributed by atoms with Gasteiger partial charge in [0.25, 0.3) is 0 Å². The Labute approximate surface area is 163 Å². The summed E-state index contributed by atoms with van der Waals surface area (Å²) in [5, 5.41) is 9.62. The molecule has 1 aromatic carbocycles. The van der Waals surface area contributed by atoms with Gasteiger partial charge in [-0.05, 0) is 72.5 Å². The molecule has 0 radical (unpaired) electrons. The highest BCUT2D eigenvalue weighted by Gasteiger charge is 2.51. The first-order valence-electron chi connectivity index (χ1n) is 9.74. The van der Waals surface area contributed by atoms with E-state index in [1.165, 1.54) is 0 Å². The van der Waals surface area contributed by atoms with Crippen LogP contribution in [0.25, 0.3) is 0 Å². The second-order valence-electron chi connectivity index (χ2n) is 9.60. The molecule has 1 atom stereocenters. The Kier molecular flexibility index (Phi) is 5.09. The average Bonchev–Trinajstić information content (AvgIpc) is 3.10. The summed E-state index contributed by atoms with van der Waals surface area (Å²) in [4.78, 5) is 2.42. The molecule has 146 valence electrons. The summed E-state index contributed by atoms with van der Waals surface area (Å²) in [5.41, 5.74) is 0.702. The monoisotopic (exact) mass is 370 g/mol. The molecule has 0 N–H and O–H groups in total. The number of ether oxygens (including phenoxy) is 1. The van der Waals surface area contributed by atoms with Crippen molar-refractivity contribution >= 4 is 12.6 Å². The second kappa shape index (κ2) is 6.81. The minimum absolute atomic E-state index is 0.110. The number of nitriles is 1. The van der Waals surface area contributed by atoms with Gasteiger partial charge in [-0.15, -0.1) is 0 Å². The second-order valence-corrected chi connectivity index (χ2v) is 9.60. The SMILES string of the molecule is CC(C)(C)N1CC[C@H](Oc2ccc(B3OC(C)(C)C(C)(C)O3)cc2C#N)C1. The van der Waals surface area contributed by atoms with E-state index < -0.39 is 18.3 Å². The van der Waals surface area contributed by atoms with Crippen LogP contribution in [0.5, 0.6) is 5.75 Å². The van der Waals surface area contributed by atoms with Gasteiger partial charge in [-0.2, -0.15) is 5.26 Å². The summed E-state index contributed by atoms with van der Waals surface area (Å²) in [6.45, 7) is 16.6. The van der Waals surface area contributed by atoms with Crippen molar-refractivity contribution in [2.75, 3.05) is 13.1 Å². The highest BCUT2D eigenvalue weighted by atomic mass is 16.7. The Bertz CT molecular complexity index is 733. The molecule has 0 amide bonds. The zero-order valence-corrected chi connectivity index (χ0v) is 17.6. The van der Waals surface area contributed by atoms with Crippen LogP contribution in [0.4, 0.5) is 0 Å². The van der Waals surface area contributed by atoms with Crippen molar-refractivity contribution in [3.05, 3.63) is 23.8 Å². The molecule has 27 heavy (non-hydrogen) atoms. The van der Waals surface area contributed by atoms with E-state index >= 15 is 0 Å². The molecule has 0 bridgehead atoms. The number of hydrogen-bond donors (Lipinski definition) is 0. The van der Waals surface area contributed by atoms with Gasteiger partial charge in [-0.1, -0.05) is 6.07 Å². The Morgan fingerprint density at radius 1 is 1.19 bits per heavy atom. The molecule has 0 aromatic heterocycles. The van der Waals surface area contributed by atoms with E-state index in [9.17, 15) is 5.26 Å². The molecule has 1 aromatic rings. The Hall–Kier alpha value is -1.55. The lowest BCUT2D eigenvalue weighted by atomic mass is 9.78. The summed E-state index contributed by atoms with van der Waals surface area (Å²) < 4.78 is 18.4.